The van der Waals surface area contributed by atoms with Crippen LogP contribution in [0.15, 0.2) is 41.3 Å². The molecule has 0 bridgehead atoms. The molecule has 1 aliphatic heterocycles. The van der Waals surface area contributed by atoms with E-state index in [2.05, 4.69) is 33.6 Å². The predicted octanol–water partition coefficient (Wildman–Crippen LogP) is 4.45. The first-order valence-corrected chi connectivity index (χ1v) is 10.7. The molecule has 2 aromatic carbocycles. The van der Waals surface area contributed by atoms with Gasteiger partial charge in [0.2, 0.25) is 0 Å². The van der Waals surface area contributed by atoms with Crippen LogP contribution in [-0.2, 0) is 15.6 Å². The van der Waals surface area contributed by atoms with E-state index >= 15 is 0 Å². The van der Waals surface area contributed by atoms with Crippen molar-refractivity contribution in [2.45, 2.75) is 17.4 Å². The van der Waals surface area contributed by atoms with Crippen LogP contribution in [0.3, 0.4) is 0 Å². The van der Waals surface area contributed by atoms with Gasteiger partial charge in [0.1, 0.15) is 0 Å². The normalized spacial score (nSPS) is 18.7. The molecule has 1 unspecified atom stereocenters. The molecule has 0 amide bonds. The van der Waals surface area contributed by atoms with Crippen LogP contribution in [0.1, 0.15) is 22.6 Å². The van der Waals surface area contributed by atoms with E-state index in [-0.39, 0.29) is 10.8 Å². The molecule has 0 spiro atoms. The molecule has 0 fully saturated rings. The third-order valence-corrected chi connectivity index (χ3v) is 6.35. The van der Waals surface area contributed by atoms with Gasteiger partial charge in [-0.25, -0.2) is 8.42 Å². The van der Waals surface area contributed by atoms with Gasteiger partial charge in [0, 0.05) is 38.3 Å². The third kappa shape index (κ3) is 3.69. The van der Waals surface area contributed by atoms with Crippen LogP contribution in [0, 0.1) is 3.57 Å². The highest BCUT2D eigenvalue weighted by atomic mass is 127. The number of benzene rings is 2. The first kappa shape index (κ1) is 17.5. The number of fused-ring (bicyclic) bond motifs is 1. The minimum Gasteiger partial charge on any atom is -0.301 e. The van der Waals surface area contributed by atoms with Crippen molar-refractivity contribution < 1.29 is 8.42 Å². The van der Waals surface area contributed by atoms with Gasteiger partial charge >= 0.3 is 0 Å². The fourth-order valence-corrected chi connectivity index (χ4v) is 4.94. The van der Waals surface area contributed by atoms with E-state index in [1.807, 2.05) is 19.2 Å². The van der Waals surface area contributed by atoms with E-state index in [4.69, 9.17) is 22.3 Å². The molecular weight excluding hydrogens is 468 g/mol. The quantitative estimate of drug-likeness (QED) is 0.469. The fourth-order valence-electron chi connectivity index (χ4n) is 3.01. The highest BCUT2D eigenvalue weighted by Gasteiger charge is 2.27. The van der Waals surface area contributed by atoms with Crippen LogP contribution >= 0.6 is 44.9 Å². The van der Waals surface area contributed by atoms with Gasteiger partial charge in [0.15, 0.2) is 0 Å². The lowest BCUT2D eigenvalue weighted by atomic mass is 9.85. The summed E-state index contributed by atoms with van der Waals surface area (Å²) < 4.78 is 24.3. The lowest BCUT2D eigenvalue weighted by Crippen LogP contribution is -2.31. The number of nitrogens with zero attached hydrogens (tertiary/aromatic N) is 1. The number of hydrogen-bond acceptors (Lipinski definition) is 3. The summed E-state index contributed by atoms with van der Waals surface area (Å²) in [4.78, 5) is 2.32. The molecule has 0 saturated carbocycles. The second-order valence-electron chi connectivity index (χ2n) is 5.72. The molecule has 23 heavy (non-hydrogen) atoms. The Labute approximate surface area is 159 Å². The summed E-state index contributed by atoms with van der Waals surface area (Å²) in [5.74, 6) is 0.0642. The molecular formula is C16H14Cl2INO2S. The zero-order valence-corrected chi connectivity index (χ0v) is 16.7. The summed E-state index contributed by atoms with van der Waals surface area (Å²) in [6, 6.07) is 10.9. The molecule has 0 saturated heterocycles. The second kappa shape index (κ2) is 6.52. The van der Waals surface area contributed by atoms with E-state index < -0.39 is 9.05 Å². The molecule has 7 heteroatoms. The molecule has 2 aromatic rings. The zero-order chi connectivity index (χ0) is 16.8. The maximum absolute atomic E-state index is 11.6. The smallest absolute Gasteiger partial charge is 0.261 e. The van der Waals surface area contributed by atoms with Crippen LogP contribution in [0.5, 0.6) is 0 Å². The van der Waals surface area contributed by atoms with Crippen LogP contribution in [0.25, 0.3) is 0 Å². The highest BCUT2D eigenvalue weighted by molar-refractivity contribution is 14.1. The molecule has 0 aliphatic carbocycles. The van der Waals surface area contributed by atoms with Crippen molar-refractivity contribution in [3.05, 3.63) is 61.7 Å². The molecule has 0 aromatic heterocycles. The van der Waals surface area contributed by atoms with Gasteiger partial charge in [0.05, 0.1) is 4.90 Å². The van der Waals surface area contributed by atoms with Crippen molar-refractivity contribution in [3.63, 3.8) is 0 Å². The topological polar surface area (TPSA) is 37.4 Å². The van der Waals surface area contributed by atoms with E-state index in [9.17, 15) is 8.42 Å². The Morgan fingerprint density at radius 1 is 1.26 bits per heavy atom. The Morgan fingerprint density at radius 3 is 2.70 bits per heavy atom. The Hall–Kier alpha value is -0.340. The maximum Gasteiger partial charge on any atom is 0.261 e. The average molecular weight is 482 g/mol. The van der Waals surface area contributed by atoms with Crippen molar-refractivity contribution >= 4 is 53.9 Å². The van der Waals surface area contributed by atoms with Gasteiger partial charge in [-0.05, 0) is 70.6 Å². The number of hydrogen-bond donors (Lipinski definition) is 0. The van der Waals surface area contributed by atoms with Crippen molar-refractivity contribution in [3.8, 4) is 0 Å². The summed E-state index contributed by atoms with van der Waals surface area (Å²) in [6.45, 7) is 1.59. The molecule has 122 valence electrons. The summed E-state index contributed by atoms with van der Waals surface area (Å²) in [5.41, 5.74) is 3.19. The average Bonchev–Trinajstić information content (AvgIpc) is 2.47. The first-order valence-electron chi connectivity index (χ1n) is 6.96. The van der Waals surface area contributed by atoms with Gasteiger partial charge in [-0.3, -0.25) is 0 Å². The number of halogens is 3. The zero-order valence-electron chi connectivity index (χ0n) is 12.3. The fraction of sp³-hybridized carbons (Fsp3) is 0.250. The largest absolute Gasteiger partial charge is 0.301 e. The third-order valence-electron chi connectivity index (χ3n) is 4.03. The van der Waals surface area contributed by atoms with Crippen molar-refractivity contribution in [2.75, 3.05) is 13.6 Å². The predicted molar refractivity (Wildman–Crippen MR) is 102 cm³/mol. The van der Waals surface area contributed by atoms with Gasteiger partial charge in [-0.2, -0.15) is 0 Å². The summed E-state index contributed by atoms with van der Waals surface area (Å²) in [7, 11) is 3.78. The van der Waals surface area contributed by atoms with Crippen LogP contribution < -0.4 is 0 Å². The standard InChI is InChI=1S/C16H14Cl2INO2S/c1-20-8-14(10-3-2-4-12(5-10)23(18,21)22)13-6-11(19)7-16(17)15(13)9-20/h2-7,14H,8-9H2,1H3. The first-order chi connectivity index (χ1) is 10.8. The minimum absolute atomic E-state index is 0.0642. The van der Waals surface area contributed by atoms with Crippen molar-refractivity contribution in [1.29, 1.82) is 0 Å². The molecule has 1 aliphatic rings. The van der Waals surface area contributed by atoms with E-state index in [1.165, 1.54) is 6.07 Å². The van der Waals surface area contributed by atoms with Crippen molar-refractivity contribution in [2.24, 2.45) is 0 Å². The Morgan fingerprint density at radius 2 is 2.00 bits per heavy atom. The van der Waals surface area contributed by atoms with Crippen LogP contribution in [0.2, 0.25) is 5.02 Å². The van der Waals surface area contributed by atoms with Gasteiger partial charge in [0.25, 0.3) is 9.05 Å². The Bertz CT molecular complexity index is 870. The van der Waals surface area contributed by atoms with Crippen molar-refractivity contribution in [1.82, 2.24) is 4.90 Å². The van der Waals surface area contributed by atoms with E-state index in [0.29, 0.717) is 0 Å². The lowest BCUT2D eigenvalue weighted by molar-refractivity contribution is 0.295. The maximum atomic E-state index is 11.6. The van der Waals surface area contributed by atoms with E-state index in [0.717, 1.165) is 38.4 Å². The van der Waals surface area contributed by atoms with Gasteiger partial charge in [-0.15, -0.1) is 0 Å². The Kier molecular flexibility index (Phi) is 4.95. The SMILES string of the molecule is CN1Cc2c(Cl)cc(I)cc2C(c2cccc(S(=O)(=O)Cl)c2)C1. The molecule has 0 radical (unpaired) electrons. The molecule has 1 atom stereocenters. The monoisotopic (exact) mass is 481 g/mol. The van der Waals surface area contributed by atoms with Gasteiger partial charge in [-0.1, -0.05) is 23.7 Å². The van der Waals surface area contributed by atoms with Crippen LogP contribution in [-0.4, -0.2) is 26.9 Å². The minimum atomic E-state index is -3.74. The molecule has 3 rings (SSSR count). The number of likely N-dealkylation sites (N-methyl/N-ethyl adjacent to an activating group) is 1. The Balaban J connectivity index is 2.15. The van der Waals surface area contributed by atoms with Gasteiger partial charge < -0.3 is 4.90 Å². The summed E-state index contributed by atoms with van der Waals surface area (Å²) in [5, 5.41) is 0.754. The second-order valence-corrected chi connectivity index (χ2v) is 9.93. The highest BCUT2D eigenvalue weighted by Crippen LogP contribution is 2.38. The lowest BCUT2D eigenvalue weighted by Gasteiger charge is -2.33. The molecule has 3 nitrogen and oxygen atoms in total. The number of rotatable bonds is 2. The van der Waals surface area contributed by atoms with Crippen LogP contribution in [0.4, 0.5) is 0 Å². The summed E-state index contributed by atoms with van der Waals surface area (Å²) >= 11 is 8.67. The molecule has 1 heterocycles. The summed E-state index contributed by atoms with van der Waals surface area (Å²) in [6.07, 6.45) is 0. The molecule has 0 N–H and O–H groups in total. The van der Waals surface area contributed by atoms with E-state index in [1.54, 1.807) is 12.1 Å².